The Bertz CT molecular complexity index is 1130. The molecule has 1 heterocycles. The lowest BCUT2D eigenvalue weighted by atomic mass is 9.86. The van der Waals surface area contributed by atoms with E-state index in [9.17, 15) is 4.79 Å². The second kappa shape index (κ2) is 9.88. The van der Waals surface area contributed by atoms with Gasteiger partial charge in [-0.1, -0.05) is 49.7 Å². The van der Waals surface area contributed by atoms with Gasteiger partial charge in [0.1, 0.15) is 0 Å². The summed E-state index contributed by atoms with van der Waals surface area (Å²) in [4.78, 5) is 15.4. The maximum atomic E-state index is 13.5. The van der Waals surface area contributed by atoms with Gasteiger partial charge in [-0.3, -0.25) is 4.79 Å². The minimum atomic E-state index is -0.295. The third-order valence-electron chi connectivity index (χ3n) is 6.30. The molecule has 3 aromatic carbocycles. The summed E-state index contributed by atoms with van der Waals surface area (Å²) in [6, 6.07) is 19.6. The number of benzene rings is 3. The van der Waals surface area contributed by atoms with E-state index in [-0.39, 0.29) is 18.1 Å². The topological polar surface area (TPSA) is 38.8 Å². The Morgan fingerprint density at radius 2 is 1.73 bits per heavy atom. The Balaban J connectivity index is 1.89. The second-order valence-electron chi connectivity index (χ2n) is 8.45. The number of hydrogen-bond donors (Lipinski definition) is 0. The summed E-state index contributed by atoms with van der Waals surface area (Å²) in [7, 11) is 1.63. The summed E-state index contributed by atoms with van der Waals surface area (Å²) in [5.41, 5.74) is 5.10. The fourth-order valence-electron chi connectivity index (χ4n) is 4.27. The molecule has 0 spiro atoms. The summed E-state index contributed by atoms with van der Waals surface area (Å²) in [5, 5.41) is 0.662. The van der Waals surface area contributed by atoms with Gasteiger partial charge >= 0.3 is 0 Å². The Morgan fingerprint density at radius 1 is 1.03 bits per heavy atom. The average molecular weight is 464 g/mol. The van der Waals surface area contributed by atoms with Crippen molar-refractivity contribution in [2.75, 3.05) is 12.0 Å². The van der Waals surface area contributed by atoms with Crippen LogP contribution in [-0.2, 0) is 17.6 Å². The van der Waals surface area contributed by atoms with Crippen LogP contribution in [0.4, 0.5) is 5.69 Å². The number of carbonyl (C=O) groups is 1. The molecule has 1 unspecified atom stereocenters. The van der Waals surface area contributed by atoms with Crippen molar-refractivity contribution in [1.29, 1.82) is 0 Å². The zero-order valence-electron chi connectivity index (χ0n) is 19.6. The quantitative estimate of drug-likeness (QED) is 0.388. The van der Waals surface area contributed by atoms with Crippen LogP contribution in [0.2, 0.25) is 5.02 Å². The number of methoxy groups -OCH3 is 1. The molecule has 0 bridgehead atoms. The summed E-state index contributed by atoms with van der Waals surface area (Å²) in [5.74, 6) is 1.39. The number of carbonyl (C=O) groups excluding carboxylic acids is 1. The van der Waals surface area contributed by atoms with Gasteiger partial charge < -0.3 is 14.4 Å². The third-order valence-corrected chi connectivity index (χ3v) is 6.55. The van der Waals surface area contributed by atoms with Crippen molar-refractivity contribution in [2.24, 2.45) is 0 Å². The van der Waals surface area contributed by atoms with Crippen molar-refractivity contribution < 1.29 is 14.3 Å². The number of nitrogens with zero attached hydrogens (tertiary/aromatic N) is 1. The molecule has 3 aromatic rings. The van der Waals surface area contributed by atoms with Gasteiger partial charge in [0.25, 0.3) is 0 Å². The number of anilines is 1. The molecule has 1 amide bonds. The van der Waals surface area contributed by atoms with E-state index < -0.39 is 0 Å². The molecule has 0 saturated carbocycles. The van der Waals surface area contributed by atoms with Gasteiger partial charge in [0.15, 0.2) is 11.5 Å². The van der Waals surface area contributed by atoms with Gasteiger partial charge in [0.05, 0.1) is 25.7 Å². The van der Waals surface area contributed by atoms with Crippen LogP contribution in [0, 0.1) is 0 Å². The number of rotatable bonds is 7. The molecule has 33 heavy (non-hydrogen) atoms. The van der Waals surface area contributed by atoms with Crippen LogP contribution in [0.15, 0.2) is 60.7 Å². The zero-order valence-corrected chi connectivity index (χ0v) is 20.4. The van der Waals surface area contributed by atoms with Crippen molar-refractivity contribution in [3.63, 3.8) is 0 Å². The summed E-state index contributed by atoms with van der Waals surface area (Å²) < 4.78 is 11.8. The van der Waals surface area contributed by atoms with Crippen LogP contribution in [0.1, 0.15) is 55.5 Å². The average Bonchev–Trinajstić information content (AvgIpc) is 2.83. The molecule has 0 aromatic heterocycles. The minimum absolute atomic E-state index is 0.0457. The van der Waals surface area contributed by atoms with Crippen molar-refractivity contribution in [3.05, 3.63) is 87.9 Å². The molecule has 0 fully saturated rings. The fraction of sp³-hybridized carbons (Fsp3) is 0.321. The molecule has 1 aliphatic heterocycles. The molecule has 1 aliphatic rings. The van der Waals surface area contributed by atoms with Crippen LogP contribution < -0.4 is 14.4 Å². The van der Waals surface area contributed by atoms with Crippen LogP contribution in [0.5, 0.6) is 11.5 Å². The van der Waals surface area contributed by atoms with Crippen LogP contribution >= 0.6 is 11.6 Å². The van der Waals surface area contributed by atoms with Gasteiger partial charge in [-0.25, -0.2) is 0 Å². The highest BCUT2D eigenvalue weighted by Crippen LogP contribution is 2.43. The van der Waals surface area contributed by atoms with Gasteiger partial charge in [0, 0.05) is 10.7 Å². The van der Waals surface area contributed by atoms with E-state index in [0.29, 0.717) is 22.9 Å². The Labute approximate surface area is 201 Å². The lowest BCUT2D eigenvalue weighted by molar-refractivity contribution is -0.118. The summed E-state index contributed by atoms with van der Waals surface area (Å²) in [6.45, 7) is 6.26. The van der Waals surface area contributed by atoms with Crippen molar-refractivity contribution in [1.82, 2.24) is 0 Å². The number of fused-ring (bicyclic) bond motifs is 1. The fourth-order valence-corrected chi connectivity index (χ4v) is 4.39. The molecule has 4 rings (SSSR count). The van der Waals surface area contributed by atoms with E-state index in [1.54, 1.807) is 7.11 Å². The predicted molar refractivity (Wildman–Crippen MR) is 134 cm³/mol. The molecular formula is C28H30ClNO3. The lowest BCUT2D eigenvalue weighted by Crippen LogP contribution is -2.41. The Hall–Kier alpha value is -2.98. The standard InChI is InChI=1S/C28H30ClNO3/c1-5-18(3)33-26-17-24-21(15-25(26)32-4)16-27(31)30(23-13-7-19(6-2)8-14-23)28(24)20-9-11-22(29)12-10-20/h7-15,17-18,28H,5-6,16H2,1-4H3/t18-,28?/m1/s1. The van der Waals surface area contributed by atoms with E-state index in [0.717, 1.165) is 35.2 Å². The van der Waals surface area contributed by atoms with E-state index in [2.05, 4.69) is 26.0 Å². The maximum absolute atomic E-state index is 13.5. The SMILES string of the molecule is CCc1ccc(N2C(=O)Cc3cc(OC)c(O[C@H](C)CC)cc3C2c2ccc(Cl)cc2)cc1. The molecule has 4 nitrogen and oxygen atoms in total. The van der Waals surface area contributed by atoms with Crippen molar-refractivity contribution >= 4 is 23.2 Å². The van der Waals surface area contributed by atoms with E-state index in [4.69, 9.17) is 21.1 Å². The number of halogens is 1. The number of ether oxygens (including phenoxy) is 2. The number of aryl methyl sites for hydroxylation is 1. The molecule has 0 aliphatic carbocycles. The summed E-state index contributed by atoms with van der Waals surface area (Å²) >= 11 is 6.19. The third kappa shape index (κ3) is 4.72. The van der Waals surface area contributed by atoms with Gasteiger partial charge in [0.2, 0.25) is 5.91 Å². The van der Waals surface area contributed by atoms with E-state index in [1.165, 1.54) is 5.56 Å². The number of amides is 1. The van der Waals surface area contributed by atoms with Crippen molar-refractivity contribution in [2.45, 2.75) is 52.2 Å². The summed E-state index contributed by atoms with van der Waals surface area (Å²) in [6.07, 6.45) is 2.19. The molecule has 0 N–H and O–H groups in total. The Kier molecular flexibility index (Phi) is 6.94. The minimum Gasteiger partial charge on any atom is -0.493 e. The first-order chi connectivity index (χ1) is 15.9. The smallest absolute Gasteiger partial charge is 0.232 e. The van der Waals surface area contributed by atoms with Gasteiger partial charge in [-0.2, -0.15) is 0 Å². The van der Waals surface area contributed by atoms with E-state index in [1.807, 2.05) is 60.4 Å². The predicted octanol–water partition coefficient (Wildman–Crippen LogP) is 6.77. The first-order valence-corrected chi connectivity index (χ1v) is 11.9. The Morgan fingerprint density at radius 3 is 2.33 bits per heavy atom. The zero-order chi connectivity index (χ0) is 23.5. The molecule has 0 saturated heterocycles. The number of hydrogen-bond acceptors (Lipinski definition) is 3. The van der Waals surface area contributed by atoms with Gasteiger partial charge in [-0.05, 0) is 78.4 Å². The molecule has 5 heteroatoms. The molecule has 172 valence electrons. The highest BCUT2D eigenvalue weighted by molar-refractivity contribution is 6.30. The van der Waals surface area contributed by atoms with Crippen LogP contribution in [0.25, 0.3) is 0 Å². The van der Waals surface area contributed by atoms with Crippen LogP contribution in [-0.4, -0.2) is 19.1 Å². The van der Waals surface area contributed by atoms with Gasteiger partial charge in [-0.15, -0.1) is 0 Å². The first kappa shape index (κ1) is 23.2. The second-order valence-corrected chi connectivity index (χ2v) is 8.89. The van der Waals surface area contributed by atoms with E-state index >= 15 is 0 Å². The molecule has 2 atom stereocenters. The maximum Gasteiger partial charge on any atom is 0.232 e. The highest BCUT2D eigenvalue weighted by atomic mass is 35.5. The highest BCUT2D eigenvalue weighted by Gasteiger charge is 2.36. The molecule has 0 radical (unpaired) electrons. The molecular weight excluding hydrogens is 434 g/mol. The normalized spacial score (nSPS) is 16.3. The largest absolute Gasteiger partial charge is 0.493 e. The lowest BCUT2D eigenvalue weighted by Gasteiger charge is -2.38. The first-order valence-electron chi connectivity index (χ1n) is 11.5. The van der Waals surface area contributed by atoms with Crippen LogP contribution in [0.3, 0.4) is 0 Å². The monoisotopic (exact) mass is 463 g/mol. The van der Waals surface area contributed by atoms with Crippen molar-refractivity contribution in [3.8, 4) is 11.5 Å².